The molecule has 0 saturated heterocycles. The highest BCUT2D eigenvalue weighted by atomic mass is 15.2. The van der Waals surface area contributed by atoms with Crippen molar-refractivity contribution in [2.45, 2.75) is 19.3 Å². The molecule has 0 spiro atoms. The number of hydrogen-bond acceptors (Lipinski definition) is 3. The highest BCUT2D eigenvalue weighted by molar-refractivity contribution is 6.28. The average molecular weight is 756 g/mol. The maximum atomic E-state index is 5.36. The van der Waals surface area contributed by atoms with Gasteiger partial charge in [-0.15, -0.1) is 0 Å². The van der Waals surface area contributed by atoms with Gasteiger partial charge >= 0.3 is 0 Å². The maximum absolute atomic E-state index is 5.36. The van der Waals surface area contributed by atoms with E-state index in [0.717, 1.165) is 44.3 Å². The van der Waals surface area contributed by atoms with Gasteiger partial charge in [-0.3, -0.25) is 4.57 Å². The van der Waals surface area contributed by atoms with Crippen molar-refractivity contribution in [2.75, 3.05) is 0 Å². The second-order valence-corrected chi connectivity index (χ2v) is 16.1. The van der Waals surface area contributed by atoms with Crippen molar-refractivity contribution in [1.29, 1.82) is 0 Å². The highest BCUT2D eigenvalue weighted by Crippen LogP contribution is 2.49. The van der Waals surface area contributed by atoms with E-state index in [-0.39, 0.29) is 5.41 Å². The molecule has 0 N–H and O–H groups in total. The van der Waals surface area contributed by atoms with Gasteiger partial charge in [0.1, 0.15) is 0 Å². The molecule has 59 heavy (non-hydrogen) atoms. The van der Waals surface area contributed by atoms with Crippen molar-refractivity contribution in [3.63, 3.8) is 0 Å². The molecule has 8 aromatic carbocycles. The molecule has 0 bridgehead atoms. The van der Waals surface area contributed by atoms with Crippen LogP contribution in [0.1, 0.15) is 25.0 Å². The van der Waals surface area contributed by atoms with E-state index in [4.69, 9.17) is 15.0 Å². The fourth-order valence-corrected chi connectivity index (χ4v) is 9.60. The second kappa shape index (κ2) is 12.7. The number of hydrogen-bond donors (Lipinski definition) is 0. The summed E-state index contributed by atoms with van der Waals surface area (Å²) in [7, 11) is 0. The summed E-state index contributed by atoms with van der Waals surface area (Å²) in [6.45, 7) is 4.62. The molecular weight excluding hydrogens is 719 g/mol. The molecule has 1 aliphatic carbocycles. The molecule has 3 heterocycles. The smallest absolute Gasteiger partial charge is 0.238 e. The van der Waals surface area contributed by atoms with Crippen molar-refractivity contribution >= 4 is 43.6 Å². The Kier molecular flexibility index (Phi) is 7.20. The summed E-state index contributed by atoms with van der Waals surface area (Å²) in [6, 6.07) is 67.1. The Morgan fingerprint density at radius 2 is 0.881 bits per heavy atom. The second-order valence-electron chi connectivity index (χ2n) is 16.1. The normalized spacial score (nSPS) is 13.1. The van der Waals surface area contributed by atoms with Gasteiger partial charge in [0.15, 0.2) is 11.6 Å². The lowest BCUT2D eigenvalue weighted by atomic mass is 9.82. The lowest BCUT2D eigenvalue weighted by Crippen LogP contribution is -2.15. The maximum Gasteiger partial charge on any atom is 0.238 e. The molecule has 0 radical (unpaired) electrons. The van der Waals surface area contributed by atoms with Gasteiger partial charge in [0.05, 0.1) is 22.1 Å². The quantitative estimate of drug-likeness (QED) is 0.176. The fraction of sp³-hybridized carbons (Fsp3) is 0.0556. The van der Waals surface area contributed by atoms with Crippen LogP contribution in [0.25, 0.3) is 100 Å². The summed E-state index contributed by atoms with van der Waals surface area (Å²) in [5, 5.41) is 4.73. The number of nitrogens with zero attached hydrogens (tertiary/aromatic N) is 5. The molecule has 5 nitrogen and oxygen atoms in total. The first kappa shape index (κ1) is 33.5. The number of benzene rings is 8. The van der Waals surface area contributed by atoms with Crippen molar-refractivity contribution in [3.05, 3.63) is 199 Å². The van der Waals surface area contributed by atoms with Gasteiger partial charge in [-0.25, -0.2) is 4.98 Å². The lowest BCUT2D eigenvalue weighted by Gasteiger charge is -2.21. The zero-order valence-corrected chi connectivity index (χ0v) is 32.6. The summed E-state index contributed by atoms with van der Waals surface area (Å²) in [5.41, 5.74) is 14.9. The summed E-state index contributed by atoms with van der Waals surface area (Å²) >= 11 is 0. The highest BCUT2D eigenvalue weighted by Gasteiger charge is 2.35. The van der Waals surface area contributed by atoms with E-state index in [1.54, 1.807) is 0 Å². The Balaban J connectivity index is 1.10. The first-order valence-electron chi connectivity index (χ1n) is 20.2. The van der Waals surface area contributed by atoms with Crippen LogP contribution in [-0.2, 0) is 5.41 Å². The molecule has 0 saturated carbocycles. The van der Waals surface area contributed by atoms with Crippen LogP contribution in [0.4, 0.5) is 0 Å². The Morgan fingerprint density at radius 1 is 0.373 bits per heavy atom. The Hall–Kier alpha value is -7.63. The van der Waals surface area contributed by atoms with Crippen molar-refractivity contribution in [1.82, 2.24) is 24.1 Å². The third-order valence-electron chi connectivity index (χ3n) is 12.4. The molecule has 12 rings (SSSR count). The molecule has 0 fully saturated rings. The van der Waals surface area contributed by atoms with E-state index in [0.29, 0.717) is 17.6 Å². The summed E-state index contributed by atoms with van der Waals surface area (Å²) in [5.74, 6) is 1.87. The minimum absolute atomic E-state index is 0.151. The van der Waals surface area contributed by atoms with E-state index in [1.807, 2.05) is 18.2 Å². The van der Waals surface area contributed by atoms with E-state index in [9.17, 15) is 0 Å². The predicted molar refractivity (Wildman–Crippen MR) is 242 cm³/mol. The fourth-order valence-electron chi connectivity index (χ4n) is 9.60. The van der Waals surface area contributed by atoms with Gasteiger partial charge in [0, 0.05) is 43.8 Å². The zero-order chi connectivity index (χ0) is 39.2. The largest absolute Gasteiger partial charge is 0.309 e. The van der Waals surface area contributed by atoms with Gasteiger partial charge in [-0.05, 0) is 75.8 Å². The van der Waals surface area contributed by atoms with Crippen molar-refractivity contribution in [2.24, 2.45) is 0 Å². The van der Waals surface area contributed by atoms with Crippen LogP contribution in [0, 0.1) is 0 Å². The minimum atomic E-state index is -0.151. The SMILES string of the molecule is CC1(C)c2ccccc2-c2ccc(-c3nc(-c4ccccc4)nc(-n4c5ccccc5c5c6c7ccccc7n(-c7ccc(-c8ccccc8)cc7)c6ccc54)n3)cc21. The summed E-state index contributed by atoms with van der Waals surface area (Å²) in [4.78, 5) is 15.8. The third kappa shape index (κ3) is 5.01. The van der Waals surface area contributed by atoms with E-state index < -0.39 is 0 Å². The predicted octanol–water partition coefficient (Wildman–Crippen LogP) is 13.4. The molecule has 0 aliphatic heterocycles. The van der Waals surface area contributed by atoms with Crippen LogP contribution in [0.3, 0.4) is 0 Å². The minimum Gasteiger partial charge on any atom is -0.309 e. The topological polar surface area (TPSA) is 48.5 Å². The molecular formula is C54H37N5. The van der Waals surface area contributed by atoms with Crippen molar-refractivity contribution in [3.8, 4) is 56.7 Å². The standard InChI is InChI=1S/C54H37N5/c1-54(2)43-22-12-9-19-39(43)40-30-27-37(33-44(40)54)52-55-51(36-17-7-4-8-18-36)56-53(57-52)59-46-24-14-11-21-42(46)50-48(59)32-31-47-49(50)41-20-10-13-23-45(41)58(47)38-28-25-35(26-29-38)34-15-5-3-6-16-34/h3-33H,1-2H3. The zero-order valence-electron chi connectivity index (χ0n) is 32.6. The molecule has 0 amide bonds. The van der Waals surface area contributed by atoms with Crippen LogP contribution in [0.15, 0.2) is 188 Å². The van der Waals surface area contributed by atoms with E-state index in [1.165, 1.54) is 49.5 Å². The number of fused-ring (bicyclic) bond motifs is 10. The first-order chi connectivity index (χ1) is 29.0. The Bertz CT molecular complexity index is 3450. The molecule has 0 atom stereocenters. The van der Waals surface area contributed by atoms with Crippen LogP contribution >= 0.6 is 0 Å². The monoisotopic (exact) mass is 755 g/mol. The molecule has 3 aromatic heterocycles. The molecule has 0 unspecified atom stereocenters. The summed E-state index contributed by atoms with van der Waals surface area (Å²) in [6.07, 6.45) is 0. The van der Waals surface area contributed by atoms with Crippen LogP contribution in [0.5, 0.6) is 0 Å². The summed E-state index contributed by atoms with van der Waals surface area (Å²) < 4.78 is 4.63. The van der Waals surface area contributed by atoms with Gasteiger partial charge in [-0.2, -0.15) is 9.97 Å². The van der Waals surface area contributed by atoms with Crippen molar-refractivity contribution < 1.29 is 0 Å². The van der Waals surface area contributed by atoms with Crippen LogP contribution in [0.2, 0.25) is 0 Å². The molecule has 11 aromatic rings. The van der Waals surface area contributed by atoms with Gasteiger partial charge in [-0.1, -0.05) is 159 Å². The van der Waals surface area contributed by atoms with Crippen LogP contribution < -0.4 is 0 Å². The van der Waals surface area contributed by atoms with Crippen LogP contribution in [-0.4, -0.2) is 24.1 Å². The Labute approximate surface area is 341 Å². The molecule has 1 aliphatic rings. The van der Waals surface area contributed by atoms with Gasteiger partial charge in [0.25, 0.3) is 0 Å². The number of aromatic nitrogens is 5. The van der Waals surface area contributed by atoms with Gasteiger partial charge < -0.3 is 4.57 Å². The average Bonchev–Trinajstić information content (AvgIpc) is 3.90. The number of para-hydroxylation sites is 2. The molecule has 278 valence electrons. The molecule has 5 heteroatoms. The van der Waals surface area contributed by atoms with E-state index >= 15 is 0 Å². The van der Waals surface area contributed by atoms with Gasteiger partial charge in [0.2, 0.25) is 5.95 Å². The third-order valence-corrected chi connectivity index (χ3v) is 12.4. The number of rotatable bonds is 5. The lowest BCUT2D eigenvalue weighted by molar-refractivity contribution is 0.660. The van der Waals surface area contributed by atoms with E-state index in [2.05, 4.69) is 193 Å². The first-order valence-corrected chi connectivity index (χ1v) is 20.2. The Morgan fingerprint density at radius 3 is 1.58 bits per heavy atom.